The lowest BCUT2D eigenvalue weighted by Crippen LogP contribution is -2.64. The summed E-state index contributed by atoms with van der Waals surface area (Å²) in [6.45, 7) is 0.239. The van der Waals surface area contributed by atoms with Gasteiger partial charge in [-0.2, -0.15) is 5.26 Å². The summed E-state index contributed by atoms with van der Waals surface area (Å²) in [5.41, 5.74) is -0.475. The lowest BCUT2D eigenvalue weighted by Gasteiger charge is -2.61. The number of esters is 1. The summed E-state index contributed by atoms with van der Waals surface area (Å²) in [7, 11) is 1.47. The topological polar surface area (TPSA) is 91.2 Å². The average molecular weight is 305 g/mol. The van der Waals surface area contributed by atoms with Crippen molar-refractivity contribution >= 4 is 11.9 Å². The van der Waals surface area contributed by atoms with Crippen LogP contribution in [0.1, 0.15) is 38.5 Å². The fraction of sp³-hybridized carbons (Fsp3) is 0.812. The van der Waals surface area contributed by atoms with E-state index in [1.807, 2.05) is 6.07 Å². The van der Waals surface area contributed by atoms with E-state index in [0.29, 0.717) is 11.8 Å². The van der Waals surface area contributed by atoms with Gasteiger partial charge in [-0.15, -0.1) is 0 Å². The summed E-state index contributed by atoms with van der Waals surface area (Å²) in [6.07, 6.45) is 5.90. The fourth-order valence-electron chi connectivity index (χ4n) is 5.39. The highest BCUT2D eigenvalue weighted by Crippen LogP contribution is 2.61. The molecule has 0 radical (unpaired) electrons. The van der Waals surface area contributed by atoms with E-state index in [9.17, 15) is 9.59 Å². The van der Waals surface area contributed by atoms with Crippen LogP contribution in [0, 0.1) is 28.6 Å². The maximum absolute atomic E-state index is 12.3. The van der Waals surface area contributed by atoms with Crippen LogP contribution in [0.5, 0.6) is 0 Å². The van der Waals surface area contributed by atoms with E-state index in [-0.39, 0.29) is 35.9 Å². The SMILES string of the molecule is COC(=O)C12CC3CC(CC(NCC(=O)NCC#N)(C3)C1)C2. The number of carbonyl (C=O) groups excluding carboxylic acids is 2. The minimum absolute atomic E-state index is 0.0326. The molecule has 6 nitrogen and oxygen atoms in total. The third-order valence-corrected chi connectivity index (χ3v) is 5.67. The van der Waals surface area contributed by atoms with Crippen LogP contribution in [0.2, 0.25) is 0 Å². The van der Waals surface area contributed by atoms with Crippen molar-refractivity contribution < 1.29 is 14.3 Å². The molecule has 4 rings (SSSR count). The average Bonchev–Trinajstić information content (AvgIpc) is 2.49. The zero-order valence-electron chi connectivity index (χ0n) is 13.0. The highest BCUT2D eigenvalue weighted by Gasteiger charge is 2.61. The number of rotatable bonds is 5. The van der Waals surface area contributed by atoms with Gasteiger partial charge in [0.15, 0.2) is 0 Å². The predicted octanol–water partition coefficient (Wildman–Crippen LogP) is 0.728. The summed E-state index contributed by atoms with van der Waals surface area (Å²) >= 11 is 0. The third kappa shape index (κ3) is 2.58. The second-order valence-electron chi connectivity index (χ2n) is 7.30. The van der Waals surface area contributed by atoms with E-state index in [0.717, 1.165) is 32.1 Å². The van der Waals surface area contributed by atoms with Gasteiger partial charge >= 0.3 is 5.97 Å². The zero-order chi connectivity index (χ0) is 15.8. The van der Waals surface area contributed by atoms with Gasteiger partial charge in [0.05, 0.1) is 25.1 Å². The number of nitrogens with zero attached hydrogens (tertiary/aromatic N) is 1. The molecular weight excluding hydrogens is 282 g/mol. The molecule has 4 aliphatic rings. The number of nitrogens with one attached hydrogen (secondary N) is 2. The monoisotopic (exact) mass is 305 g/mol. The van der Waals surface area contributed by atoms with Gasteiger partial charge in [0.25, 0.3) is 0 Å². The van der Waals surface area contributed by atoms with Crippen LogP contribution in [-0.4, -0.2) is 37.6 Å². The molecule has 2 unspecified atom stereocenters. The molecule has 22 heavy (non-hydrogen) atoms. The number of methoxy groups -OCH3 is 1. The molecule has 4 fully saturated rings. The van der Waals surface area contributed by atoms with E-state index >= 15 is 0 Å². The van der Waals surface area contributed by atoms with Crippen LogP contribution in [0.25, 0.3) is 0 Å². The summed E-state index contributed by atoms with van der Waals surface area (Å²) in [4.78, 5) is 24.1. The van der Waals surface area contributed by atoms with E-state index in [1.54, 1.807) is 0 Å². The van der Waals surface area contributed by atoms with Gasteiger partial charge in [-0.3, -0.25) is 9.59 Å². The first-order chi connectivity index (χ1) is 10.5. The minimum Gasteiger partial charge on any atom is -0.469 e. The lowest BCUT2D eigenvalue weighted by molar-refractivity contribution is -0.172. The second kappa shape index (κ2) is 5.54. The Morgan fingerprint density at radius 1 is 1.27 bits per heavy atom. The quantitative estimate of drug-likeness (QED) is 0.577. The molecule has 0 aliphatic heterocycles. The molecule has 0 aromatic heterocycles. The Kier molecular flexibility index (Phi) is 3.85. The van der Waals surface area contributed by atoms with E-state index in [1.165, 1.54) is 13.5 Å². The summed E-state index contributed by atoms with van der Waals surface area (Å²) in [5.74, 6) is 0.858. The normalized spacial score (nSPS) is 38.4. The smallest absolute Gasteiger partial charge is 0.311 e. The number of hydrogen-bond acceptors (Lipinski definition) is 5. The molecule has 6 heteroatoms. The number of carbonyl (C=O) groups is 2. The minimum atomic E-state index is -0.352. The first-order valence-corrected chi connectivity index (χ1v) is 7.98. The van der Waals surface area contributed by atoms with Crippen LogP contribution in [0.4, 0.5) is 0 Å². The van der Waals surface area contributed by atoms with Gasteiger partial charge < -0.3 is 15.4 Å². The summed E-state index contributed by atoms with van der Waals surface area (Å²) in [6, 6.07) is 1.90. The summed E-state index contributed by atoms with van der Waals surface area (Å²) < 4.78 is 5.08. The van der Waals surface area contributed by atoms with Gasteiger partial charge in [-0.05, 0) is 50.4 Å². The van der Waals surface area contributed by atoms with Gasteiger partial charge in [0, 0.05) is 5.54 Å². The van der Waals surface area contributed by atoms with Gasteiger partial charge in [-0.1, -0.05) is 0 Å². The molecule has 0 aromatic rings. The standard InChI is InChI=1S/C16H23N3O3/c1-22-14(21)15-5-11-4-12(6-15)8-16(7-11,10-15)19-9-13(20)18-3-2-17/h11-12,19H,3-10H2,1H3,(H,18,20). The van der Waals surface area contributed by atoms with Crippen LogP contribution >= 0.6 is 0 Å². The van der Waals surface area contributed by atoms with Crippen molar-refractivity contribution in [2.75, 3.05) is 20.2 Å². The molecule has 4 aliphatic carbocycles. The zero-order valence-corrected chi connectivity index (χ0v) is 13.0. The Balaban J connectivity index is 1.70. The molecule has 2 atom stereocenters. The number of nitriles is 1. The molecule has 120 valence electrons. The van der Waals surface area contributed by atoms with Gasteiger partial charge in [-0.25, -0.2) is 0 Å². The van der Waals surface area contributed by atoms with Crippen molar-refractivity contribution in [2.24, 2.45) is 17.3 Å². The van der Waals surface area contributed by atoms with Crippen molar-refractivity contribution in [3.05, 3.63) is 0 Å². The molecule has 1 amide bonds. The predicted molar refractivity (Wildman–Crippen MR) is 78.5 cm³/mol. The summed E-state index contributed by atoms with van der Waals surface area (Å²) in [5, 5.41) is 14.5. The van der Waals surface area contributed by atoms with Gasteiger partial charge in [0.1, 0.15) is 6.54 Å². The first kappa shape index (κ1) is 15.3. The van der Waals surface area contributed by atoms with E-state index < -0.39 is 0 Å². The van der Waals surface area contributed by atoms with Crippen LogP contribution < -0.4 is 10.6 Å². The van der Waals surface area contributed by atoms with Crippen molar-refractivity contribution in [1.29, 1.82) is 5.26 Å². The number of amides is 1. The number of ether oxygens (including phenoxy) is 1. The highest BCUT2D eigenvalue weighted by molar-refractivity contribution is 5.79. The van der Waals surface area contributed by atoms with E-state index in [2.05, 4.69) is 10.6 Å². The maximum atomic E-state index is 12.3. The Morgan fingerprint density at radius 2 is 1.95 bits per heavy atom. The molecular formula is C16H23N3O3. The molecule has 0 saturated heterocycles. The Bertz CT molecular complexity index is 511. The Labute approximate surface area is 130 Å². The van der Waals surface area contributed by atoms with Crippen molar-refractivity contribution in [2.45, 2.75) is 44.1 Å². The highest BCUT2D eigenvalue weighted by atomic mass is 16.5. The van der Waals surface area contributed by atoms with Crippen molar-refractivity contribution in [1.82, 2.24) is 10.6 Å². The fourth-order valence-corrected chi connectivity index (χ4v) is 5.39. The van der Waals surface area contributed by atoms with Crippen molar-refractivity contribution in [3.63, 3.8) is 0 Å². The first-order valence-electron chi connectivity index (χ1n) is 7.98. The van der Waals surface area contributed by atoms with E-state index in [4.69, 9.17) is 10.00 Å². The van der Waals surface area contributed by atoms with Crippen LogP contribution in [0.3, 0.4) is 0 Å². The van der Waals surface area contributed by atoms with Gasteiger partial charge in [0.2, 0.25) is 5.91 Å². The van der Waals surface area contributed by atoms with Crippen molar-refractivity contribution in [3.8, 4) is 6.07 Å². The number of hydrogen-bond donors (Lipinski definition) is 2. The lowest BCUT2D eigenvalue weighted by atomic mass is 9.47. The maximum Gasteiger partial charge on any atom is 0.311 e. The third-order valence-electron chi connectivity index (χ3n) is 5.67. The van der Waals surface area contributed by atoms with Crippen LogP contribution in [-0.2, 0) is 14.3 Å². The molecule has 0 spiro atoms. The Hall–Kier alpha value is -1.61. The largest absolute Gasteiger partial charge is 0.469 e. The molecule has 4 bridgehead atoms. The molecule has 0 aromatic carbocycles. The molecule has 4 saturated carbocycles. The molecule has 0 heterocycles. The second-order valence-corrected chi connectivity index (χ2v) is 7.30. The van der Waals surface area contributed by atoms with Crippen LogP contribution in [0.15, 0.2) is 0 Å². The molecule has 2 N–H and O–H groups in total. The Morgan fingerprint density at radius 3 is 2.55 bits per heavy atom.